The summed E-state index contributed by atoms with van der Waals surface area (Å²) < 4.78 is 28.0. The van der Waals surface area contributed by atoms with E-state index in [1.807, 2.05) is 0 Å². The van der Waals surface area contributed by atoms with Gasteiger partial charge in [0.25, 0.3) is 0 Å². The normalized spacial score (nSPS) is 11.3. The van der Waals surface area contributed by atoms with Crippen molar-refractivity contribution in [2.24, 2.45) is 0 Å². The maximum absolute atomic E-state index is 12.2. The van der Waals surface area contributed by atoms with Gasteiger partial charge in [0.1, 0.15) is 0 Å². The topological polar surface area (TPSA) is 44.8 Å². The van der Waals surface area contributed by atoms with E-state index in [4.69, 9.17) is 13.6 Å². The summed E-state index contributed by atoms with van der Waals surface area (Å²) in [6.07, 6.45) is 5.63. The van der Waals surface area contributed by atoms with Crippen LogP contribution in [0.15, 0.2) is 0 Å². The first-order valence-corrected chi connectivity index (χ1v) is 8.18. The summed E-state index contributed by atoms with van der Waals surface area (Å²) >= 11 is 0. The Balaban J connectivity index is 0. The maximum atomic E-state index is 12.2. The van der Waals surface area contributed by atoms with Crippen molar-refractivity contribution >= 4 is 7.82 Å². The van der Waals surface area contributed by atoms with Crippen LogP contribution in [-0.4, -0.2) is 19.8 Å². The molecule has 0 aliphatic heterocycles. The van der Waals surface area contributed by atoms with E-state index in [9.17, 15) is 4.57 Å². The predicted octanol–water partition coefficient (Wildman–Crippen LogP) is 4.54. The second kappa shape index (κ2) is 14.2. The summed E-state index contributed by atoms with van der Waals surface area (Å²) in [6, 6.07) is 0. The molecule has 0 N–H and O–H groups in total. The number of phosphoric ester groups is 1. The summed E-state index contributed by atoms with van der Waals surface area (Å²) in [7, 11) is -3.31. The smallest absolute Gasteiger partial charge is 0.287 e. The molecule has 0 spiro atoms. The average molecular weight is 314 g/mol. The van der Waals surface area contributed by atoms with Crippen LogP contribution in [-0.2, 0) is 39.9 Å². The van der Waals surface area contributed by atoms with Gasteiger partial charge in [-0.15, -0.1) is 0 Å². The summed E-state index contributed by atoms with van der Waals surface area (Å²) in [5.74, 6) is 0. The minimum Gasteiger partial charge on any atom is -0.287 e. The molecule has 4 nitrogen and oxygen atoms in total. The van der Waals surface area contributed by atoms with Crippen molar-refractivity contribution in [2.45, 2.75) is 59.3 Å². The third kappa shape index (κ3) is 11.9. The fraction of sp³-hybridized carbons (Fsp3) is 1.00. The first-order chi connectivity index (χ1) is 8.18. The molecule has 0 bridgehead atoms. The molecule has 0 amide bonds. The monoisotopic (exact) mass is 314 g/mol. The van der Waals surface area contributed by atoms with Gasteiger partial charge in [-0.3, -0.25) is 13.6 Å². The summed E-state index contributed by atoms with van der Waals surface area (Å²) in [6.45, 7) is 7.49. The fourth-order valence-corrected chi connectivity index (χ4v) is 2.36. The second-order valence-electron chi connectivity index (χ2n) is 4.01. The number of hydrogen-bond acceptors (Lipinski definition) is 4. The molecular formula is C12H27O4PTi. The Morgan fingerprint density at radius 3 is 1.22 bits per heavy atom. The molecule has 0 aromatic rings. The van der Waals surface area contributed by atoms with E-state index in [0.717, 1.165) is 38.5 Å². The zero-order valence-electron chi connectivity index (χ0n) is 11.9. The first kappa shape index (κ1) is 21.1. The zero-order chi connectivity index (χ0) is 13.0. The van der Waals surface area contributed by atoms with Crippen LogP contribution in [0, 0.1) is 0 Å². The Morgan fingerprint density at radius 2 is 1.00 bits per heavy atom. The molecule has 0 aliphatic rings. The molecule has 0 saturated heterocycles. The Hall–Kier alpha value is 0.824. The second-order valence-corrected chi connectivity index (χ2v) is 5.68. The molecule has 0 rings (SSSR count). The average Bonchev–Trinajstić information content (AvgIpc) is 2.30. The van der Waals surface area contributed by atoms with Gasteiger partial charge in [-0.2, -0.15) is 0 Å². The molecule has 0 fully saturated rings. The molecule has 0 aliphatic carbocycles. The molecule has 0 heterocycles. The molecule has 0 aromatic carbocycles. The van der Waals surface area contributed by atoms with Crippen molar-refractivity contribution in [3.8, 4) is 0 Å². The van der Waals surface area contributed by atoms with Crippen molar-refractivity contribution in [3.63, 3.8) is 0 Å². The molecule has 0 aromatic heterocycles. The molecule has 0 radical (unpaired) electrons. The number of hydrogen-bond donors (Lipinski definition) is 0. The maximum Gasteiger partial charge on any atom is 0.474 e. The van der Waals surface area contributed by atoms with Crippen LogP contribution in [0.5, 0.6) is 0 Å². The Labute approximate surface area is 127 Å². The minimum absolute atomic E-state index is 0. The SMILES string of the molecule is CCCCOP(=O)(OCCCC)OCCCC.[Ti]. The largest absolute Gasteiger partial charge is 0.474 e. The third-order valence-corrected chi connectivity index (χ3v) is 3.74. The van der Waals surface area contributed by atoms with E-state index in [1.165, 1.54) is 0 Å². The quantitative estimate of drug-likeness (QED) is 0.301. The van der Waals surface area contributed by atoms with Crippen molar-refractivity contribution in [1.82, 2.24) is 0 Å². The van der Waals surface area contributed by atoms with Gasteiger partial charge >= 0.3 is 7.82 Å². The van der Waals surface area contributed by atoms with Gasteiger partial charge in [0.05, 0.1) is 19.8 Å². The van der Waals surface area contributed by atoms with Crippen molar-refractivity contribution in [2.75, 3.05) is 19.8 Å². The van der Waals surface area contributed by atoms with Crippen molar-refractivity contribution < 1.29 is 39.9 Å². The summed E-state index contributed by atoms with van der Waals surface area (Å²) in [5, 5.41) is 0. The molecule has 0 unspecified atom stereocenters. The molecular weight excluding hydrogens is 287 g/mol. The van der Waals surface area contributed by atoms with Crippen LogP contribution in [0.4, 0.5) is 0 Å². The molecule has 6 heteroatoms. The predicted molar refractivity (Wildman–Crippen MR) is 70.2 cm³/mol. The Bertz CT molecular complexity index is 181. The van der Waals surface area contributed by atoms with Gasteiger partial charge in [0.15, 0.2) is 0 Å². The third-order valence-electron chi connectivity index (χ3n) is 2.24. The van der Waals surface area contributed by atoms with E-state index >= 15 is 0 Å². The van der Waals surface area contributed by atoms with Gasteiger partial charge in [0, 0.05) is 21.7 Å². The van der Waals surface area contributed by atoms with Gasteiger partial charge < -0.3 is 0 Å². The molecule has 108 valence electrons. The van der Waals surface area contributed by atoms with E-state index in [1.54, 1.807) is 0 Å². The Kier molecular flexibility index (Phi) is 16.7. The van der Waals surface area contributed by atoms with Crippen LogP contribution in [0.3, 0.4) is 0 Å². The van der Waals surface area contributed by atoms with E-state index in [0.29, 0.717) is 19.8 Å². The van der Waals surface area contributed by atoms with Crippen molar-refractivity contribution in [1.29, 1.82) is 0 Å². The van der Waals surface area contributed by atoms with Crippen LogP contribution in [0.2, 0.25) is 0 Å². The number of unbranched alkanes of at least 4 members (excludes halogenated alkanes) is 3. The molecule has 18 heavy (non-hydrogen) atoms. The van der Waals surface area contributed by atoms with Gasteiger partial charge in [-0.1, -0.05) is 40.0 Å². The number of phosphoric acid groups is 1. The zero-order valence-corrected chi connectivity index (χ0v) is 14.4. The number of rotatable bonds is 12. The standard InChI is InChI=1S/C12H27O4P.Ti/c1-4-7-10-14-17(13,15-11-8-5-2)16-12-9-6-3;/h4-12H2,1-3H3;. The van der Waals surface area contributed by atoms with E-state index < -0.39 is 7.82 Å². The van der Waals surface area contributed by atoms with Gasteiger partial charge in [0.2, 0.25) is 0 Å². The summed E-state index contributed by atoms with van der Waals surface area (Å²) in [4.78, 5) is 0. The van der Waals surface area contributed by atoms with Crippen LogP contribution < -0.4 is 0 Å². The first-order valence-electron chi connectivity index (χ1n) is 6.72. The van der Waals surface area contributed by atoms with Crippen LogP contribution >= 0.6 is 7.82 Å². The van der Waals surface area contributed by atoms with E-state index in [2.05, 4.69) is 20.8 Å². The van der Waals surface area contributed by atoms with Gasteiger partial charge in [-0.25, -0.2) is 4.57 Å². The summed E-state index contributed by atoms with van der Waals surface area (Å²) in [5.41, 5.74) is 0. The van der Waals surface area contributed by atoms with Crippen molar-refractivity contribution in [3.05, 3.63) is 0 Å². The van der Waals surface area contributed by atoms with E-state index in [-0.39, 0.29) is 21.7 Å². The van der Waals surface area contributed by atoms with Crippen LogP contribution in [0.25, 0.3) is 0 Å². The van der Waals surface area contributed by atoms with Crippen LogP contribution in [0.1, 0.15) is 59.3 Å². The minimum atomic E-state index is -3.31. The molecule has 0 saturated carbocycles. The van der Waals surface area contributed by atoms with Gasteiger partial charge in [-0.05, 0) is 19.3 Å². The molecule has 0 atom stereocenters. The fourth-order valence-electron chi connectivity index (χ4n) is 1.07. The Morgan fingerprint density at radius 1 is 0.722 bits per heavy atom.